The van der Waals surface area contributed by atoms with Gasteiger partial charge in [0.05, 0.1) is 12.5 Å². The van der Waals surface area contributed by atoms with Crippen molar-refractivity contribution in [2.45, 2.75) is 56.3 Å². The van der Waals surface area contributed by atoms with Gasteiger partial charge < -0.3 is 42.3 Å². The van der Waals surface area contributed by atoms with Gasteiger partial charge in [-0.1, -0.05) is 24.3 Å². The van der Waals surface area contributed by atoms with E-state index in [0.29, 0.717) is 24.0 Å². The number of carboxylic acid groups (broad SMARTS) is 1. The summed E-state index contributed by atoms with van der Waals surface area (Å²) in [4.78, 5) is 63.8. The third kappa shape index (κ3) is 8.17. The predicted molar refractivity (Wildman–Crippen MR) is 142 cm³/mol. The molecule has 4 atom stereocenters. The predicted octanol–water partition coefficient (Wildman–Crippen LogP) is -0.869. The van der Waals surface area contributed by atoms with Crippen LogP contribution < -0.4 is 22.1 Å². The number of nitrogens with zero attached hydrogens (tertiary/aromatic N) is 1. The lowest BCUT2D eigenvalue weighted by Crippen LogP contribution is -2.57. The van der Waals surface area contributed by atoms with E-state index in [1.54, 1.807) is 12.1 Å². The number of benzene rings is 2. The summed E-state index contributed by atoms with van der Waals surface area (Å²) in [6.07, 6.45) is 0.297. The molecular formula is C27H33N5O8. The number of carboxylic acids is 1. The van der Waals surface area contributed by atoms with Crippen LogP contribution in [-0.2, 0) is 36.8 Å². The summed E-state index contributed by atoms with van der Waals surface area (Å²) >= 11 is 0. The van der Waals surface area contributed by atoms with Crippen molar-refractivity contribution < 1.29 is 39.3 Å². The molecule has 2 aromatic rings. The van der Waals surface area contributed by atoms with Crippen molar-refractivity contribution in [2.24, 2.45) is 11.5 Å². The molecule has 0 aliphatic carbocycles. The number of likely N-dealkylation sites (tertiary alicyclic amines) is 1. The molecule has 0 radical (unpaired) electrons. The molecule has 9 N–H and O–H groups in total. The molecule has 4 unspecified atom stereocenters. The van der Waals surface area contributed by atoms with Gasteiger partial charge >= 0.3 is 5.97 Å². The van der Waals surface area contributed by atoms with E-state index in [-0.39, 0.29) is 37.3 Å². The van der Waals surface area contributed by atoms with Crippen LogP contribution in [0.2, 0.25) is 0 Å². The molecule has 1 aliphatic rings. The normalized spacial score (nSPS) is 16.9. The van der Waals surface area contributed by atoms with E-state index < -0.39 is 53.8 Å². The molecule has 0 spiro atoms. The Hall–Kier alpha value is -4.65. The number of nitrogens with two attached hydrogens (primary N) is 2. The van der Waals surface area contributed by atoms with Crippen LogP contribution >= 0.6 is 0 Å². The Morgan fingerprint density at radius 3 is 1.90 bits per heavy atom. The van der Waals surface area contributed by atoms with E-state index >= 15 is 0 Å². The average molecular weight is 556 g/mol. The average Bonchev–Trinajstić information content (AvgIpc) is 3.39. The summed E-state index contributed by atoms with van der Waals surface area (Å²) in [6.45, 7) is 0.228. The highest BCUT2D eigenvalue weighted by molar-refractivity contribution is 5.95. The SMILES string of the molecule is NC(=O)CC(N)C(=O)N1CCCC1C(=O)NC(Cc1ccc(O)cc1)C(=O)NC(Cc1ccc(O)cc1)C(=O)O. The zero-order chi connectivity index (χ0) is 29.4. The first-order chi connectivity index (χ1) is 18.9. The molecule has 2 aromatic carbocycles. The third-order valence-corrected chi connectivity index (χ3v) is 6.58. The molecule has 13 nitrogen and oxygen atoms in total. The van der Waals surface area contributed by atoms with Crippen molar-refractivity contribution in [2.75, 3.05) is 6.54 Å². The maximum absolute atomic E-state index is 13.3. The van der Waals surface area contributed by atoms with Crippen LogP contribution in [0, 0.1) is 0 Å². The summed E-state index contributed by atoms with van der Waals surface area (Å²) in [5, 5.41) is 33.9. The van der Waals surface area contributed by atoms with Gasteiger partial charge in [0.2, 0.25) is 23.6 Å². The van der Waals surface area contributed by atoms with Gasteiger partial charge in [0, 0.05) is 19.4 Å². The number of hydrogen-bond donors (Lipinski definition) is 7. The molecule has 1 heterocycles. The number of hydrogen-bond acceptors (Lipinski definition) is 8. The minimum Gasteiger partial charge on any atom is -0.508 e. The zero-order valence-corrected chi connectivity index (χ0v) is 21.7. The van der Waals surface area contributed by atoms with Crippen molar-refractivity contribution in [3.63, 3.8) is 0 Å². The fraction of sp³-hybridized carbons (Fsp3) is 0.370. The highest BCUT2D eigenvalue weighted by atomic mass is 16.4. The van der Waals surface area contributed by atoms with Crippen LogP contribution in [0.4, 0.5) is 0 Å². The van der Waals surface area contributed by atoms with Gasteiger partial charge in [-0.3, -0.25) is 19.2 Å². The second-order valence-electron chi connectivity index (χ2n) is 9.67. The fourth-order valence-electron chi connectivity index (χ4n) is 4.51. The lowest BCUT2D eigenvalue weighted by molar-refractivity contribution is -0.143. The number of rotatable bonds is 12. The number of aliphatic carboxylic acids is 1. The molecule has 4 amide bonds. The molecular weight excluding hydrogens is 522 g/mol. The summed E-state index contributed by atoms with van der Waals surface area (Å²) in [6, 6.07) is 7.06. The van der Waals surface area contributed by atoms with Gasteiger partial charge in [0.15, 0.2) is 0 Å². The van der Waals surface area contributed by atoms with Gasteiger partial charge in [0.1, 0.15) is 29.6 Å². The Morgan fingerprint density at radius 2 is 1.40 bits per heavy atom. The molecule has 1 aliphatic heterocycles. The second kappa shape index (κ2) is 13.4. The highest BCUT2D eigenvalue weighted by Crippen LogP contribution is 2.20. The number of aromatic hydroxyl groups is 2. The highest BCUT2D eigenvalue weighted by Gasteiger charge is 2.38. The maximum atomic E-state index is 13.3. The molecule has 1 saturated heterocycles. The number of primary amides is 1. The van der Waals surface area contributed by atoms with Crippen molar-refractivity contribution in [1.82, 2.24) is 15.5 Å². The number of carbonyl (C=O) groups excluding carboxylic acids is 4. The van der Waals surface area contributed by atoms with E-state index in [1.165, 1.54) is 41.3 Å². The largest absolute Gasteiger partial charge is 0.508 e. The minimum absolute atomic E-state index is 0.000959. The van der Waals surface area contributed by atoms with Crippen molar-refractivity contribution in [1.29, 1.82) is 0 Å². The maximum Gasteiger partial charge on any atom is 0.326 e. The molecule has 13 heteroatoms. The van der Waals surface area contributed by atoms with Crippen LogP contribution in [0.3, 0.4) is 0 Å². The first-order valence-electron chi connectivity index (χ1n) is 12.7. The second-order valence-corrected chi connectivity index (χ2v) is 9.67. The standard InChI is InChI=1S/C27H33N5O8/c28-19(14-23(29)35)26(38)32-11-1-2-22(32)25(37)30-20(12-15-3-7-17(33)8-4-15)24(36)31-21(27(39)40)13-16-5-9-18(34)10-6-16/h3-10,19-22,33-34H,1-2,11-14,28H2,(H2,29,35)(H,30,37)(H,31,36)(H,39,40). The smallest absolute Gasteiger partial charge is 0.326 e. The minimum atomic E-state index is -1.34. The summed E-state index contributed by atoms with van der Waals surface area (Å²) in [5.41, 5.74) is 12.1. The first-order valence-corrected chi connectivity index (χ1v) is 12.7. The summed E-state index contributed by atoms with van der Waals surface area (Å²) < 4.78 is 0. The van der Waals surface area contributed by atoms with Gasteiger partial charge in [-0.2, -0.15) is 0 Å². The first kappa shape index (κ1) is 29.9. The number of phenols is 2. The number of phenolic OH excluding ortho intramolecular Hbond substituents is 2. The Bertz CT molecular complexity index is 1230. The Labute approximate surface area is 230 Å². The Kier molecular flexibility index (Phi) is 10.0. The fourth-order valence-corrected chi connectivity index (χ4v) is 4.51. The summed E-state index contributed by atoms with van der Waals surface area (Å²) in [5.74, 6) is -4.07. The Balaban J connectivity index is 1.78. The molecule has 1 fully saturated rings. The third-order valence-electron chi connectivity index (χ3n) is 6.58. The number of amides is 4. The monoisotopic (exact) mass is 555 g/mol. The van der Waals surface area contributed by atoms with Gasteiger partial charge in [0.25, 0.3) is 0 Å². The Morgan fingerprint density at radius 1 is 0.875 bits per heavy atom. The zero-order valence-electron chi connectivity index (χ0n) is 21.7. The number of nitrogens with one attached hydrogen (secondary N) is 2. The van der Waals surface area contributed by atoms with Gasteiger partial charge in [-0.25, -0.2) is 4.79 Å². The quantitative estimate of drug-likeness (QED) is 0.172. The van der Waals surface area contributed by atoms with Gasteiger partial charge in [-0.15, -0.1) is 0 Å². The molecule has 214 valence electrons. The van der Waals surface area contributed by atoms with E-state index in [1.807, 2.05) is 0 Å². The number of carbonyl (C=O) groups is 5. The van der Waals surface area contributed by atoms with Crippen LogP contribution in [0.15, 0.2) is 48.5 Å². The molecule has 0 aromatic heterocycles. The van der Waals surface area contributed by atoms with Crippen LogP contribution in [-0.4, -0.2) is 80.5 Å². The summed E-state index contributed by atoms with van der Waals surface area (Å²) in [7, 11) is 0. The van der Waals surface area contributed by atoms with Crippen molar-refractivity contribution in [3.05, 3.63) is 59.7 Å². The molecule has 0 saturated carbocycles. The van der Waals surface area contributed by atoms with Crippen LogP contribution in [0.1, 0.15) is 30.4 Å². The van der Waals surface area contributed by atoms with E-state index in [2.05, 4.69) is 10.6 Å². The van der Waals surface area contributed by atoms with Crippen LogP contribution in [0.5, 0.6) is 11.5 Å². The van der Waals surface area contributed by atoms with Crippen molar-refractivity contribution in [3.8, 4) is 11.5 Å². The van der Waals surface area contributed by atoms with E-state index in [4.69, 9.17) is 11.5 Å². The topological polar surface area (TPSA) is 225 Å². The van der Waals surface area contributed by atoms with Gasteiger partial charge in [-0.05, 0) is 48.2 Å². The molecule has 40 heavy (non-hydrogen) atoms. The van der Waals surface area contributed by atoms with E-state index in [9.17, 15) is 39.3 Å². The molecule has 3 rings (SSSR count). The lowest BCUT2D eigenvalue weighted by Gasteiger charge is -2.28. The molecule has 0 bridgehead atoms. The lowest BCUT2D eigenvalue weighted by atomic mass is 10.0. The van der Waals surface area contributed by atoms with E-state index in [0.717, 1.165) is 0 Å². The van der Waals surface area contributed by atoms with Crippen molar-refractivity contribution >= 4 is 29.6 Å². The van der Waals surface area contributed by atoms with Crippen LogP contribution in [0.25, 0.3) is 0 Å².